The van der Waals surface area contributed by atoms with Crippen LogP contribution in [0.3, 0.4) is 0 Å². The highest BCUT2D eigenvalue weighted by atomic mass is 19.1. The van der Waals surface area contributed by atoms with Gasteiger partial charge in [-0.1, -0.05) is 6.07 Å². The molecule has 1 atom stereocenters. The van der Waals surface area contributed by atoms with Crippen LogP contribution >= 0.6 is 0 Å². The first-order chi connectivity index (χ1) is 8.49. The van der Waals surface area contributed by atoms with E-state index in [1.807, 2.05) is 0 Å². The number of hydrogen-bond donors (Lipinski definition) is 1. The number of carbonyl (C=O) groups excluding carboxylic acids is 2. The number of benzene rings is 1. The van der Waals surface area contributed by atoms with Crippen LogP contribution < -0.4 is 10.6 Å². The van der Waals surface area contributed by atoms with Crippen LogP contribution in [-0.2, 0) is 4.79 Å². The van der Waals surface area contributed by atoms with E-state index in [0.29, 0.717) is 12.2 Å². The zero-order chi connectivity index (χ0) is 13.3. The van der Waals surface area contributed by atoms with Crippen LogP contribution in [0.5, 0.6) is 0 Å². The van der Waals surface area contributed by atoms with Gasteiger partial charge in [0.1, 0.15) is 5.82 Å². The van der Waals surface area contributed by atoms with Crippen LogP contribution in [0.15, 0.2) is 24.3 Å². The molecular weight excluding hydrogens is 237 g/mol. The number of anilines is 1. The van der Waals surface area contributed by atoms with Gasteiger partial charge in [-0.3, -0.25) is 9.69 Å². The molecule has 1 aliphatic rings. The minimum absolute atomic E-state index is 0.0621. The molecule has 1 saturated heterocycles. The van der Waals surface area contributed by atoms with E-state index in [0.717, 1.165) is 0 Å². The number of nitrogens with two attached hydrogens (primary N) is 1. The van der Waals surface area contributed by atoms with Crippen molar-refractivity contribution in [2.75, 3.05) is 18.5 Å². The Bertz CT molecular complexity index is 492. The summed E-state index contributed by atoms with van der Waals surface area (Å²) in [5, 5.41) is 0. The maximum absolute atomic E-state index is 13.2. The van der Waals surface area contributed by atoms with Gasteiger partial charge in [0, 0.05) is 25.7 Å². The van der Waals surface area contributed by atoms with E-state index in [9.17, 15) is 14.0 Å². The smallest absolute Gasteiger partial charge is 0.324 e. The standard InChI is InChI=1S/C12H14FN3O2/c1-15-7-10(6-11(14)17)16(12(15)18)9-4-2-3-8(13)5-9/h2-5,10H,6-7H2,1H3,(H2,14,17). The highest BCUT2D eigenvalue weighted by molar-refractivity contribution is 5.95. The van der Waals surface area contributed by atoms with E-state index in [1.54, 1.807) is 13.1 Å². The number of halogens is 1. The number of amides is 3. The van der Waals surface area contributed by atoms with Crippen LogP contribution in [0.1, 0.15) is 6.42 Å². The number of likely N-dealkylation sites (N-methyl/N-ethyl adjacent to an activating group) is 1. The fourth-order valence-electron chi connectivity index (χ4n) is 2.15. The number of carbonyl (C=O) groups is 2. The van der Waals surface area contributed by atoms with Crippen LogP contribution in [0, 0.1) is 5.82 Å². The molecule has 6 heteroatoms. The van der Waals surface area contributed by atoms with Crippen LogP contribution in [0.2, 0.25) is 0 Å². The van der Waals surface area contributed by atoms with E-state index in [1.165, 1.54) is 28.0 Å². The molecule has 2 N–H and O–H groups in total. The third kappa shape index (κ3) is 2.27. The first kappa shape index (κ1) is 12.3. The molecule has 18 heavy (non-hydrogen) atoms. The van der Waals surface area contributed by atoms with Crippen LogP contribution in [0.25, 0.3) is 0 Å². The summed E-state index contributed by atoms with van der Waals surface area (Å²) in [5.41, 5.74) is 5.60. The van der Waals surface area contributed by atoms with Gasteiger partial charge in [0.2, 0.25) is 5.91 Å². The largest absolute Gasteiger partial charge is 0.370 e. The van der Waals surface area contributed by atoms with Crippen molar-refractivity contribution < 1.29 is 14.0 Å². The van der Waals surface area contributed by atoms with Gasteiger partial charge in [-0.15, -0.1) is 0 Å². The number of hydrogen-bond acceptors (Lipinski definition) is 2. The highest BCUT2D eigenvalue weighted by Crippen LogP contribution is 2.26. The van der Waals surface area contributed by atoms with Crippen LogP contribution in [-0.4, -0.2) is 36.5 Å². The second kappa shape index (κ2) is 4.64. The van der Waals surface area contributed by atoms with E-state index < -0.39 is 11.7 Å². The first-order valence-electron chi connectivity index (χ1n) is 5.57. The van der Waals surface area contributed by atoms with Crippen molar-refractivity contribution in [3.63, 3.8) is 0 Å². The maximum atomic E-state index is 13.2. The molecule has 1 aromatic rings. The zero-order valence-corrected chi connectivity index (χ0v) is 9.97. The van der Waals surface area contributed by atoms with Gasteiger partial charge >= 0.3 is 6.03 Å². The van der Waals surface area contributed by atoms with Gasteiger partial charge in [-0.25, -0.2) is 9.18 Å². The Morgan fingerprint density at radius 1 is 1.56 bits per heavy atom. The van der Waals surface area contributed by atoms with Gasteiger partial charge in [0.25, 0.3) is 0 Å². The Balaban J connectivity index is 2.32. The van der Waals surface area contributed by atoms with Crippen molar-refractivity contribution in [1.29, 1.82) is 0 Å². The molecule has 0 spiro atoms. The first-order valence-corrected chi connectivity index (χ1v) is 5.57. The quantitative estimate of drug-likeness (QED) is 0.868. The maximum Gasteiger partial charge on any atom is 0.324 e. The number of nitrogens with zero attached hydrogens (tertiary/aromatic N) is 2. The van der Waals surface area contributed by atoms with Crippen molar-refractivity contribution in [2.45, 2.75) is 12.5 Å². The summed E-state index contributed by atoms with van der Waals surface area (Å²) in [4.78, 5) is 25.9. The van der Waals surface area contributed by atoms with Gasteiger partial charge in [0.05, 0.1) is 6.04 Å². The molecule has 3 amide bonds. The van der Waals surface area contributed by atoms with Gasteiger partial charge in [-0.05, 0) is 18.2 Å². The SMILES string of the molecule is CN1CC(CC(N)=O)N(c2cccc(F)c2)C1=O. The van der Waals surface area contributed by atoms with E-state index in [2.05, 4.69) is 0 Å². The Morgan fingerprint density at radius 2 is 2.28 bits per heavy atom. The third-order valence-electron chi connectivity index (χ3n) is 2.91. The topological polar surface area (TPSA) is 66.6 Å². The summed E-state index contributed by atoms with van der Waals surface area (Å²) in [7, 11) is 1.63. The predicted octanol–water partition coefficient (Wildman–Crippen LogP) is 0.942. The van der Waals surface area contributed by atoms with Gasteiger partial charge in [0.15, 0.2) is 0 Å². The summed E-state index contributed by atoms with van der Waals surface area (Å²) in [6.45, 7) is 0.401. The molecule has 5 nitrogen and oxygen atoms in total. The molecule has 1 heterocycles. The monoisotopic (exact) mass is 251 g/mol. The lowest BCUT2D eigenvalue weighted by Crippen LogP contribution is -2.37. The van der Waals surface area contributed by atoms with E-state index in [4.69, 9.17) is 5.73 Å². The van der Waals surface area contributed by atoms with Crippen molar-refractivity contribution in [3.8, 4) is 0 Å². The lowest BCUT2D eigenvalue weighted by molar-refractivity contribution is -0.118. The fourth-order valence-corrected chi connectivity index (χ4v) is 2.15. The molecule has 1 aliphatic heterocycles. The summed E-state index contributed by atoms with van der Waals surface area (Å²) >= 11 is 0. The van der Waals surface area contributed by atoms with Crippen molar-refractivity contribution in [2.24, 2.45) is 5.73 Å². The van der Waals surface area contributed by atoms with Crippen molar-refractivity contribution >= 4 is 17.6 Å². The third-order valence-corrected chi connectivity index (χ3v) is 2.91. The van der Waals surface area contributed by atoms with Crippen molar-refractivity contribution in [1.82, 2.24) is 4.90 Å². The Morgan fingerprint density at radius 3 is 2.89 bits per heavy atom. The Labute approximate surface area is 104 Å². The minimum Gasteiger partial charge on any atom is -0.370 e. The van der Waals surface area contributed by atoms with Crippen LogP contribution in [0.4, 0.5) is 14.9 Å². The molecule has 96 valence electrons. The molecule has 0 aromatic heterocycles. The molecule has 0 bridgehead atoms. The summed E-state index contributed by atoms with van der Waals surface area (Å²) in [6, 6.07) is 5.13. The Kier molecular flexibility index (Phi) is 3.18. The number of primary amides is 1. The summed E-state index contributed by atoms with van der Waals surface area (Å²) < 4.78 is 13.2. The van der Waals surface area contributed by atoms with Gasteiger partial charge < -0.3 is 10.6 Å². The molecule has 1 fully saturated rings. The summed E-state index contributed by atoms with van der Waals surface area (Å²) in [6.07, 6.45) is 0.0621. The number of urea groups is 1. The molecule has 1 aromatic carbocycles. The van der Waals surface area contributed by atoms with E-state index in [-0.39, 0.29) is 18.5 Å². The number of rotatable bonds is 3. The highest BCUT2D eigenvalue weighted by Gasteiger charge is 2.36. The molecule has 2 rings (SSSR count). The molecule has 0 aliphatic carbocycles. The second-order valence-corrected chi connectivity index (χ2v) is 4.34. The Hall–Kier alpha value is -2.11. The second-order valence-electron chi connectivity index (χ2n) is 4.34. The van der Waals surface area contributed by atoms with E-state index >= 15 is 0 Å². The molecule has 0 radical (unpaired) electrons. The minimum atomic E-state index is -0.482. The average molecular weight is 251 g/mol. The normalized spacial score (nSPS) is 19.4. The average Bonchev–Trinajstić information content (AvgIpc) is 2.53. The zero-order valence-electron chi connectivity index (χ0n) is 9.97. The summed E-state index contributed by atoms with van der Waals surface area (Å²) in [5.74, 6) is -0.905. The predicted molar refractivity (Wildman–Crippen MR) is 64.5 cm³/mol. The van der Waals surface area contributed by atoms with Gasteiger partial charge in [-0.2, -0.15) is 0 Å². The van der Waals surface area contributed by atoms with Crippen molar-refractivity contribution in [3.05, 3.63) is 30.1 Å². The lowest BCUT2D eigenvalue weighted by atomic mass is 10.1. The fraction of sp³-hybridized carbons (Fsp3) is 0.333. The molecular formula is C12H14FN3O2. The molecule has 1 unspecified atom stereocenters. The lowest BCUT2D eigenvalue weighted by Gasteiger charge is -2.22. The molecule has 0 saturated carbocycles.